The number of rotatable bonds is 6. The quantitative estimate of drug-likeness (QED) is 0.0545. The molecule has 0 saturated carbocycles. The molecule has 3 aromatic heterocycles. The zero-order valence-corrected chi connectivity index (χ0v) is 49.7. The number of alkyl halides is 3. The van der Waals surface area contributed by atoms with Crippen molar-refractivity contribution in [2.45, 2.75) is 25.4 Å². The van der Waals surface area contributed by atoms with Gasteiger partial charge in [0.2, 0.25) is 0 Å². The molecule has 12 rings (SSSR count). The first-order valence-electron chi connectivity index (χ1n) is 28.1. The maximum Gasteiger partial charge on any atom is 0.416 e. The number of thiocarbonyl (C=S) groups is 3. The van der Waals surface area contributed by atoms with Gasteiger partial charge in [0.15, 0.2) is 50.0 Å². The second-order valence-corrected chi connectivity index (χ2v) is 21.5. The standard InChI is InChI=1S/C20H19F4N5OS.C20H19FN6OS.C19H21FN6OS/c21-15-4-6-25-17-16(5-11-30-18(15)17)26-27-19(31)29-9-7-28(8-10-29)14-3-1-2-13(12-14)20(22,23)24;21-16-5-7-23-18-17(6-12-28-19(16)18)24-25-20(29)27-10-8-26(9-11-27)15-3-1-14(13-22)2-4-15;20-13-5-7-22-17-15(6-12-27-18(13)17)23-24-19(28)26-10-8-25(9-11-26)16-4-2-1-3-14(16)21/h1-4,6,12H,5,7-11H2,(H,27,31);1-5,7H,6,8-12H2,(H,25,29);1-5,7H,6,8-12,21H2,(H,24,28)/b26-16-;24-17-;23-15-. The summed E-state index contributed by atoms with van der Waals surface area (Å²) in [7, 11) is 0. The Hall–Kier alpha value is -9.14. The van der Waals surface area contributed by atoms with E-state index in [2.05, 4.69) is 72.2 Å². The number of hydrazone groups is 3. The third kappa shape index (κ3) is 15.2. The number of hydrogen-bond donors (Lipinski definition) is 4. The number of nitrogens with zero attached hydrogens (tertiary/aromatic N) is 13. The number of ether oxygens (including phenoxy) is 3. The van der Waals surface area contributed by atoms with Gasteiger partial charge in [0.1, 0.15) is 17.1 Å². The average molecular weight is 1260 g/mol. The molecule has 458 valence electrons. The van der Waals surface area contributed by atoms with Crippen LogP contribution < -0.4 is 50.9 Å². The summed E-state index contributed by atoms with van der Waals surface area (Å²) in [5, 5.41) is 23.4. The number of fused-ring (bicyclic) bond motifs is 3. The van der Waals surface area contributed by atoms with Gasteiger partial charge in [-0.2, -0.15) is 33.7 Å². The highest BCUT2D eigenvalue weighted by atomic mass is 32.1. The van der Waals surface area contributed by atoms with Crippen molar-refractivity contribution in [3.8, 4) is 23.3 Å². The Bertz CT molecular complexity index is 3650. The van der Waals surface area contributed by atoms with Crippen LogP contribution in [0, 0.1) is 28.8 Å². The van der Waals surface area contributed by atoms with Gasteiger partial charge in [-0.05, 0) is 109 Å². The molecule has 0 aliphatic carbocycles. The zero-order chi connectivity index (χ0) is 61.7. The van der Waals surface area contributed by atoms with E-state index in [1.165, 1.54) is 42.9 Å². The fourth-order valence-electron chi connectivity index (χ4n) is 10.2. The Morgan fingerprint density at radius 1 is 0.511 bits per heavy atom. The summed E-state index contributed by atoms with van der Waals surface area (Å²) in [5.41, 5.74) is 21.2. The van der Waals surface area contributed by atoms with Crippen LogP contribution >= 0.6 is 36.7 Å². The van der Waals surface area contributed by atoms with Gasteiger partial charge in [-0.15, -0.1) is 0 Å². The number of para-hydroxylation sites is 2. The minimum atomic E-state index is -4.37. The maximum absolute atomic E-state index is 13.9. The number of anilines is 4. The van der Waals surface area contributed by atoms with Crippen LogP contribution in [0.4, 0.5) is 49.1 Å². The van der Waals surface area contributed by atoms with Crippen LogP contribution in [0.1, 0.15) is 47.5 Å². The topological polar surface area (TPSA) is 209 Å². The van der Waals surface area contributed by atoms with Gasteiger partial charge in [-0.25, -0.2) is 13.2 Å². The van der Waals surface area contributed by atoms with Crippen molar-refractivity contribution in [3.63, 3.8) is 0 Å². The number of nitrogen functional groups attached to an aromatic ring is 1. The minimum Gasteiger partial charge on any atom is -0.488 e. The van der Waals surface area contributed by atoms with E-state index in [4.69, 9.17) is 61.9 Å². The monoisotopic (exact) mass is 1260 g/mol. The molecule has 0 bridgehead atoms. The lowest BCUT2D eigenvalue weighted by Crippen LogP contribution is -2.51. The average Bonchev–Trinajstić information content (AvgIpc) is 2.37. The molecule has 9 heterocycles. The highest BCUT2D eigenvalue weighted by Gasteiger charge is 2.32. The molecule has 0 radical (unpaired) electrons. The molecule has 0 unspecified atom stereocenters. The van der Waals surface area contributed by atoms with Gasteiger partial charge < -0.3 is 49.3 Å². The number of benzene rings is 3. The first kappa shape index (κ1) is 61.9. The van der Waals surface area contributed by atoms with E-state index in [1.54, 1.807) is 6.07 Å². The van der Waals surface area contributed by atoms with E-state index in [0.29, 0.717) is 126 Å². The van der Waals surface area contributed by atoms with E-state index in [0.717, 1.165) is 81.6 Å². The molecule has 3 fully saturated rings. The van der Waals surface area contributed by atoms with Crippen LogP contribution in [-0.2, 0) is 6.18 Å². The molecule has 3 saturated heterocycles. The van der Waals surface area contributed by atoms with E-state index in [1.807, 2.05) is 58.3 Å². The van der Waals surface area contributed by atoms with Crippen molar-refractivity contribution in [3.05, 3.63) is 155 Å². The van der Waals surface area contributed by atoms with E-state index >= 15 is 0 Å². The van der Waals surface area contributed by atoms with Crippen molar-refractivity contribution in [1.82, 2.24) is 45.9 Å². The van der Waals surface area contributed by atoms with Crippen LogP contribution in [0.15, 0.2) is 125 Å². The fraction of sp³-hybridized carbons (Fsp3) is 0.322. The Morgan fingerprint density at radius 2 is 0.909 bits per heavy atom. The molecule has 3 aromatic carbocycles. The number of aromatic nitrogens is 3. The molecule has 20 nitrogen and oxygen atoms in total. The summed E-state index contributed by atoms with van der Waals surface area (Å²) < 4.78 is 96.5. The SMILES string of the molecule is Fc1ccnc2c1OCC/C2=N/NC(=S)N1CCN(c2cccc(C(F)(F)F)c2)CC1.N#Cc1ccc(N2CCN(C(=S)N/N=C3/CCOc4c(F)ccnc43)CC2)cc1.Nc1ccccc1N1CCN(C(=S)N/N=C2/CCOc3c(F)ccnc32)CC1. The van der Waals surface area contributed by atoms with Gasteiger partial charge in [-0.1, -0.05) is 18.2 Å². The molecule has 6 aliphatic rings. The number of piperazine rings is 3. The van der Waals surface area contributed by atoms with Gasteiger partial charge in [0, 0.05) is 128 Å². The summed E-state index contributed by atoms with van der Waals surface area (Å²) in [6.07, 6.45) is 1.32. The second-order valence-electron chi connectivity index (χ2n) is 20.3. The van der Waals surface area contributed by atoms with Crippen LogP contribution in [-0.4, -0.2) is 160 Å². The van der Waals surface area contributed by atoms with E-state index < -0.39 is 29.2 Å². The summed E-state index contributed by atoms with van der Waals surface area (Å²) in [4.78, 5) is 24.9. The van der Waals surface area contributed by atoms with Crippen LogP contribution in [0.5, 0.6) is 17.2 Å². The molecule has 6 aromatic rings. The number of nitrogens with two attached hydrogens (primary N) is 1. The van der Waals surface area contributed by atoms with E-state index in [9.17, 15) is 26.3 Å². The Morgan fingerprint density at radius 3 is 1.31 bits per heavy atom. The number of halogens is 6. The lowest BCUT2D eigenvalue weighted by atomic mass is 10.1. The zero-order valence-electron chi connectivity index (χ0n) is 47.2. The lowest BCUT2D eigenvalue weighted by molar-refractivity contribution is -0.137. The minimum absolute atomic E-state index is 0.0786. The second kappa shape index (κ2) is 28.6. The molecular weight excluding hydrogens is 1200 g/mol. The Labute approximate surface area is 519 Å². The molecule has 0 atom stereocenters. The van der Waals surface area contributed by atoms with E-state index in [-0.39, 0.29) is 17.2 Å². The highest BCUT2D eigenvalue weighted by molar-refractivity contribution is 7.80. The predicted octanol–water partition coefficient (Wildman–Crippen LogP) is 7.68. The van der Waals surface area contributed by atoms with Crippen LogP contribution in [0.2, 0.25) is 0 Å². The molecule has 0 spiro atoms. The number of nitrogens with one attached hydrogen (secondary N) is 3. The third-order valence-corrected chi connectivity index (χ3v) is 15.9. The first-order valence-corrected chi connectivity index (χ1v) is 29.3. The van der Waals surface area contributed by atoms with Crippen molar-refractivity contribution in [2.75, 3.05) is 119 Å². The number of hydrogen-bond acceptors (Lipinski definition) is 17. The van der Waals surface area contributed by atoms with Gasteiger partial charge >= 0.3 is 6.18 Å². The Kier molecular flexibility index (Phi) is 20.1. The summed E-state index contributed by atoms with van der Waals surface area (Å²) in [6.45, 7) is 9.38. The smallest absolute Gasteiger partial charge is 0.416 e. The van der Waals surface area contributed by atoms with Crippen molar-refractivity contribution in [1.29, 1.82) is 5.26 Å². The first-order chi connectivity index (χ1) is 42.6. The maximum atomic E-state index is 13.9. The highest BCUT2D eigenvalue weighted by Crippen LogP contribution is 2.33. The lowest BCUT2D eigenvalue weighted by Gasteiger charge is -2.37. The summed E-state index contributed by atoms with van der Waals surface area (Å²) in [5.74, 6) is -1.00. The normalized spacial score (nSPS) is 17.7. The van der Waals surface area contributed by atoms with Crippen LogP contribution in [0.3, 0.4) is 0 Å². The largest absolute Gasteiger partial charge is 0.488 e. The Balaban J connectivity index is 0.000000146. The van der Waals surface area contributed by atoms with Crippen LogP contribution in [0.25, 0.3) is 0 Å². The van der Waals surface area contributed by atoms with Gasteiger partial charge in [0.25, 0.3) is 0 Å². The summed E-state index contributed by atoms with van der Waals surface area (Å²) in [6, 6.07) is 26.6. The van der Waals surface area contributed by atoms with Crippen molar-refractivity contribution < 1.29 is 40.6 Å². The molecule has 0 amide bonds. The summed E-state index contributed by atoms with van der Waals surface area (Å²) >= 11 is 16.4. The fourth-order valence-corrected chi connectivity index (χ4v) is 10.9. The van der Waals surface area contributed by atoms with Crippen molar-refractivity contribution in [2.24, 2.45) is 15.3 Å². The van der Waals surface area contributed by atoms with Crippen molar-refractivity contribution >= 4 is 91.9 Å². The van der Waals surface area contributed by atoms with Gasteiger partial charge in [0.05, 0.1) is 65.5 Å². The molecular formula is C59H59F6N17O3S3. The molecule has 6 aliphatic heterocycles. The molecule has 29 heteroatoms. The number of nitriles is 1. The third-order valence-electron chi connectivity index (χ3n) is 14.9. The number of pyridine rings is 3. The molecule has 5 N–H and O–H groups in total. The predicted molar refractivity (Wildman–Crippen MR) is 335 cm³/mol. The molecule has 88 heavy (non-hydrogen) atoms. The van der Waals surface area contributed by atoms with Gasteiger partial charge in [-0.3, -0.25) is 31.2 Å².